The molecule has 0 aliphatic carbocycles. The van der Waals surface area contributed by atoms with Gasteiger partial charge in [0, 0.05) is 48.3 Å². The van der Waals surface area contributed by atoms with Gasteiger partial charge in [-0.1, -0.05) is 199 Å². The van der Waals surface area contributed by atoms with Gasteiger partial charge in [-0.05, 0) is 156 Å². The Kier molecular flexibility index (Phi) is 48.3. The molecule has 1 atom stereocenters. The summed E-state index contributed by atoms with van der Waals surface area (Å²) in [4.78, 5) is 17.7. The number of rotatable bonds is 34. The molecule has 2 N–H and O–H groups in total. The van der Waals surface area contributed by atoms with Crippen LogP contribution in [0.2, 0.25) is 0 Å². The summed E-state index contributed by atoms with van der Waals surface area (Å²) >= 11 is 0. The van der Waals surface area contributed by atoms with Gasteiger partial charge in [0.05, 0.1) is 85.1 Å². The third-order valence-corrected chi connectivity index (χ3v) is 14.0. The molecule has 6 aromatic rings. The van der Waals surface area contributed by atoms with Crippen LogP contribution < -0.4 is 9.47 Å². The molecule has 0 aliphatic rings. The summed E-state index contributed by atoms with van der Waals surface area (Å²) in [5.41, 5.74) is 20.2. The van der Waals surface area contributed by atoms with E-state index in [9.17, 15) is 4.79 Å². The lowest BCUT2D eigenvalue weighted by molar-refractivity contribution is 0.0732. The second-order valence-electron chi connectivity index (χ2n) is 29.5. The molecule has 0 spiro atoms. The Bertz CT molecular complexity index is 3130. The summed E-state index contributed by atoms with van der Waals surface area (Å²) < 4.78 is 23.9. The van der Waals surface area contributed by atoms with E-state index in [1.54, 1.807) is 36.3 Å². The highest BCUT2D eigenvalue weighted by atomic mass is 16.5. The summed E-state index contributed by atoms with van der Waals surface area (Å²) in [6.45, 7) is 42.4. The number of hydrogen-bond acceptors (Lipinski definition) is 17. The first kappa shape index (κ1) is 92.3. The number of aldehydes is 1. The van der Waals surface area contributed by atoms with E-state index in [0.29, 0.717) is 44.8 Å². The molecular weight excluding hydrogens is 1260 g/mol. The van der Waals surface area contributed by atoms with E-state index in [-0.39, 0.29) is 34.9 Å². The fourth-order valence-corrected chi connectivity index (χ4v) is 8.54. The minimum Gasteiger partial charge on any atom is -0.494 e. The van der Waals surface area contributed by atoms with Crippen LogP contribution in [-0.4, -0.2) is 119 Å². The van der Waals surface area contributed by atoms with Crippen LogP contribution >= 0.6 is 0 Å². The summed E-state index contributed by atoms with van der Waals surface area (Å²) in [5, 5.41) is 56.5. The number of aryl methyl sites for hydroxylation is 1. The van der Waals surface area contributed by atoms with Gasteiger partial charge in [-0.2, -0.15) is 0 Å². The topological polar surface area (TPSA) is 309 Å². The zero-order valence-electron chi connectivity index (χ0n) is 65.1. The summed E-state index contributed by atoms with van der Waals surface area (Å²) in [7, 11) is 1.84. The molecule has 0 saturated carbocycles. The van der Waals surface area contributed by atoms with E-state index in [2.05, 4.69) is 128 Å². The number of ether oxygens (including phenoxy) is 3. The number of aliphatic hydroxyl groups excluding tert-OH is 1. The summed E-state index contributed by atoms with van der Waals surface area (Å²) in [6.07, 6.45) is 37.5. The van der Waals surface area contributed by atoms with Gasteiger partial charge in [-0.3, -0.25) is 14.4 Å². The van der Waals surface area contributed by atoms with E-state index in [4.69, 9.17) is 41.9 Å². The molecule has 0 saturated heterocycles. The third kappa shape index (κ3) is 49.7. The van der Waals surface area contributed by atoms with Gasteiger partial charge < -0.3 is 24.4 Å². The molecule has 4 heterocycles. The number of unbranched alkanes of at least 4 members (excludes halogenated alkanes) is 16. The Balaban J connectivity index is 0.00000119. The molecule has 0 fully saturated rings. The van der Waals surface area contributed by atoms with Crippen molar-refractivity contribution >= 4 is 6.29 Å². The minimum absolute atomic E-state index is 0.0167. The van der Waals surface area contributed by atoms with Crippen LogP contribution in [0.4, 0.5) is 0 Å². The Morgan fingerprint density at radius 2 is 0.990 bits per heavy atom. The molecule has 0 amide bonds. The number of aromatic nitrogens is 12. The number of terminal acetylenes is 1. The van der Waals surface area contributed by atoms with Crippen molar-refractivity contribution in [1.29, 1.82) is 0 Å². The largest absolute Gasteiger partial charge is 0.494 e. The number of nitrogens with zero attached hydrogens (tertiary/aromatic N) is 19. The summed E-state index contributed by atoms with van der Waals surface area (Å²) in [5.74, 6) is 4.47. The predicted molar refractivity (Wildman–Crippen MR) is 402 cm³/mol. The molecule has 1 unspecified atom stereocenters. The second kappa shape index (κ2) is 52.3. The molecule has 25 heteroatoms. The first-order valence-corrected chi connectivity index (χ1v) is 35.8. The van der Waals surface area contributed by atoms with Gasteiger partial charge in [0.15, 0.2) is 6.29 Å². The van der Waals surface area contributed by atoms with Crippen LogP contribution in [0.5, 0.6) is 11.5 Å². The van der Waals surface area contributed by atoms with Gasteiger partial charge in [0.1, 0.15) is 29.0 Å². The van der Waals surface area contributed by atoms with Crippen LogP contribution in [0, 0.1) is 12.3 Å². The van der Waals surface area contributed by atoms with Crippen molar-refractivity contribution in [3.05, 3.63) is 128 Å². The highest BCUT2D eigenvalue weighted by Crippen LogP contribution is 2.20. The van der Waals surface area contributed by atoms with Crippen molar-refractivity contribution in [2.75, 3.05) is 26.4 Å². The van der Waals surface area contributed by atoms with Crippen LogP contribution in [-0.2, 0) is 54.6 Å². The standard InChI is InChI=1S/C18H29N3O.C18H30O2.C14H21N7.C10H19N3O.C7H11N3O.C4H9N3.C4H10O/c1-2-3-4-5-6-7-8-9-10-15-22-18-13-11-17(12-14-18)16-20-21-19;1-2-3-4-5-6-7-8-9-10-15-20-18-13-11-17(16-19)12-14-18;1-6-7-20(9-12-8-19(5)17-15-12)10-13-11-21(18-16-13)14(2,3)4;1-6-14-8(2)9-7-13(12-11-9)10(3,4)5;1-7(2,3)10-4-6(5-11)8-9-10;1-4(2,3)6-7-5;1-4(2,3)5/h11-14H,2-10,15-16H2,1H3;11-14,19H,2-10,15-16H2,1H3;1,8,11H,7,9-10H2,2-5H3;7-8H,6H2,1-5H3;4-5H,1-3H3;1-3H3;5H,1-3H3. The summed E-state index contributed by atoms with van der Waals surface area (Å²) in [6, 6.07) is 15.4. The van der Waals surface area contributed by atoms with E-state index in [0.717, 1.165) is 65.8 Å². The zero-order chi connectivity index (χ0) is 75.5. The fraction of sp³-hybridized carbons (Fsp3) is 0.693. The van der Waals surface area contributed by atoms with Crippen molar-refractivity contribution in [3.8, 4) is 23.8 Å². The molecular formula is C75H129N19O6. The number of azide groups is 2. The Labute approximate surface area is 600 Å². The van der Waals surface area contributed by atoms with Crippen LogP contribution in [0.25, 0.3) is 20.9 Å². The lowest BCUT2D eigenvalue weighted by Gasteiger charge is -2.18. The lowest BCUT2D eigenvalue weighted by atomic mass is 10.1. The Morgan fingerprint density at radius 1 is 0.580 bits per heavy atom. The van der Waals surface area contributed by atoms with Gasteiger partial charge >= 0.3 is 0 Å². The number of benzene rings is 2. The number of carbonyl (C=O) groups is 1. The van der Waals surface area contributed by atoms with Crippen molar-refractivity contribution in [3.63, 3.8) is 0 Å². The molecule has 0 radical (unpaired) electrons. The van der Waals surface area contributed by atoms with Crippen molar-refractivity contribution in [1.82, 2.24) is 64.9 Å². The van der Waals surface area contributed by atoms with E-state index in [1.165, 1.54) is 103 Å². The van der Waals surface area contributed by atoms with E-state index in [1.807, 2.05) is 139 Å². The van der Waals surface area contributed by atoms with Gasteiger partial charge in [-0.15, -0.1) is 26.8 Å². The average molecular weight is 1390 g/mol. The van der Waals surface area contributed by atoms with E-state index >= 15 is 0 Å². The third-order valence-electron chi connectivity index (χ3n) is 14.0. The van der Waals surface area contributed by atoms with Crippen molar-refractivity contribution in [2.24, 2.45) is 17.3 Å². The molecule has 25 nitrogen and oxygen atoms in total. The predicted octanol–water partition coefficient (Wildman–Crippen LogP) is 18.1. The quantitative estimate of drug-likeness (QED) is 0.00947. The van der Waals surface area contributed by atoms with Crippen LogP contribution in [0.1, 0.15) is 292 Å². The molecule has 4 aromatic heterocycles. The first-order chi connectivity index (χ1) is 47.2. The minimum atomic E-state index is -0.500. The zero-order valence-corrected chi connectivity index (χ0v) is 65.1. The SMILES string of the molecule is C#CCN(Cc1cn(C)nn1)Cc1cn(C(C)(C)C)nn1.CC(C)(C)N=[N+]=[N-].CC(C)(C)O.CC(C)(C)n1cc(C=O)nn1.CCCCCCCCCCCOc1ccc(CN=[N+]=[N-])cc1.CCCCCCCCCCCOc1ccc(CO)cc1.CCOC(C)c1cn(C(C)(C)C)nn1. The van der Waals surface area contributed by atoms with Gasteiger partial charge in [0.2, 0.25) is 0 Å². The Hall–Kier alpha value is -7.71. The smallest absolute Gasteiger partial charge is 0.171 e. The molecule has 6 rings (SSSR count). The normalized spacial score (nSPS) is 11.5. The number of carbonyl (C=O) groups excluding carboxylic acids is 1. The second-order valence-corrected chi connectivity index (χ2v) is 29.5. The molecule has 0 aliphatic heterocycles. The molecule has 2 aromatic carbocycles. The highest BCUT2D eigenvalue weighted by Gasteiger charge is 2.19. The Morgan fingerprint density at radius 3 is 1.33 bits per heavy atom. The van der Waals surface area contributed by atoms with Gasteiger partial charge in [-0.25, -0.2) is 14.0 Å². The maximum atomic E-state index is 10.2. The number of hydrogen-bond donors (Lipinski definition) is 2. The molecule has 560 valence electrons. The maximum Gasteiger partial charge on any atom is 0.171 e. The first-order valence-electron chi connectivity index (χ1n) is 35.8. The molecule has 0 bridgehead atoms. The van der Waals surface area contributed by atoms with Crippen molar-refractivity contribution in [2.45, 2.75) is 307 Å². The monoisotopic (exact) mass is 1390 g/mol. The lowest BCUT2D eigenvalue weighted by Crippen LogP contribution is -2.24. The fourth-order valence-electron chi connectivity index (χ4n) is 8.54. The maximum absolute atomic E-state index is 10.2. The van der Waals surface area contributed by atoms with Crippen LogP contribution in [0.3, 0.4) is 0 Å². The van der Waals surface area contributed by atoms with Gasteiger partial charge in [0.25, 0.3) is 0 Å². The molecule has 100 heavy (non-hydrogen) atoms. The average Bonchev–Trinajstić information content (AvgIpc) is 1.72. The van der Waals surface area contributed by atoms with Crippen LogP contribution in [0.15, 0.2) is 83.5 Å². The number of aliphatic hydroxyl groups is 2. The van der Waals surface area contributed by atoms with Crippen molar-refractivity contribution < 1.29 is 29.2 Å². The highest BCUT2D eigenvalue weighted by molar-refractivity contribution is 5.70. The van der Waals surface area contributed by atoms with E-state index < -0.39 is 5.60 Å².